The Hall–Kier alpha value is -1.75. The largest absolute Gasteiger partial charge is 0.486 e. The summed E-state index contributed by atoms with van der Waals surface area (Å²) in [5.41, 5.74) is 0.291. The van der Waals surface area contributed by atoms with Gasteiger partial charge in [-0.3, -0.25) is 4.79 Å². The van der Waals surface area contributed by atoms with E-state index in [0.29, 0.717) is 32.6 Å². The van der Waals surface area contributed by atoms with Crippen LogP contribution in [0.15, 0.2) is 18.2 Å². The van der Waals surface area contributed by atoms with Gasteiger partial charge in [0, 0.05) is 6.54 Å². The smallest absolute Gasteiger partial charge is 0.311 e. The van der Waals surface area contributed by atoms with E-state index in [4.69, 9.17) is 9.47 Å². The second-order valence-corrected chi connectivity index (χ2v) is 5.17. The van der Waals surface area contributed by atoms with Crippen LogP contribution in [0.3, 0.4) is 0 Å². The molecule has 1 unspecified atom stereocenters. The number of aliphatic carboxylic acids is 1. The van der Waals surface area contributed by atoms with Crippen LogP contribution in [0.2, 0.25) is 0 Å². The predicted molar refractivity (Wildman–Crippen MR) is 68.7 cm³/mol. The molecule has 0 saturated carbocycles. The monoisotopic (exact) mass is 263 g/mol. The Morgan fingerprint density at radius 3 is 2.79 bits per heavy atom. The average molecular weight is 263 g/mol. The van der Waals surface area contributed by atoms with Crippen molar-refractivity contribution in [2.24, 2.45) is 5.41 Å². The number of carboxylic acids is 1. The highest BCUT2D eigenvalue weighted by Crippen LogP contribution is 2.35. The van der Waals surface area contributed by atoms with Crippen molar-refractivity contribution in [1.82, 2.24) is 5.32 Å². The number of hydrogen-bond acceptors (Lipinski definition) is 4. The SMILES string of the molecule is O=C(O)C1(Cc2ccc3c(c2)OCCO3)CCNC1. The molecular weight excluding hydrogens is 246 g/mol. The molecule has 2 heterocycles. The average Bonchev–Trinajstić information content (AvgIpc) is 2.88. The number of nitrogens with one attached hydrogen (secondary N) is 1. The number of hydrogen-bond donors (Lipinski definition) is 2. The molecule has 5 heteroatoms. The minimum atomic E-state index is -0.729. The summed E-state index contributed by atoms with van der Waals surface area (Å²) >= 11 is 0. The zero-order valence-corrected chi connectivity index (χ0v) is 10.6. The normalized spacial score (nSPS) is 25.3. The topological polar surface area (TPSA) is 67.8 Å². The van der Waals surface area contributed by atoms with Gasteiger partial charge >= 0.3 is 5.97 Å². The molecule has 0 aromatic heterocycles. The van der Waals surface area contributed by atoms with Crippen LogP contribution in [0.25, 0.3) is 0 Å². The fourth-order valence-electron chi connectivity index (χ4n) is 2.74. The molecule has 0 amide bonds. The molecule has 1 aromatic carbocycles. The van der Waals surface area contributed by atoms with Gasteiger partial charge < -0.3 is 19.9 Å². The fourth-order valence-corrected chi connectivity index (χ4v) is 2.74. The van der Waals surface area contributed by atoms with Crippen LogP contribution in [-0.2, 0) is 11.2 Å². The van der Waals surface area contributed by atoms with E-state index < -0.39 is 11.4 Å². The standard InChI is InChI=1S/C14H17NO4/c16-13(17)14(3-4-15-9-14)8-10-1-2-11-12(7-10)19-6-5-18-11/h1-2,7,15H,3-6,8-9H2,(H,16,17). The maximum absolute atomic E-state index is 11.5. The van der Waals surface area contributed by atoms with Crippen LogP contribution in [0.4, 0.5) is 0 Å². The number of carbonyl (C=O) groups is 1. The van der Waals surface area contributed by atoms with E-state index in [1.807, 2.05) is 18.2 Å². The van der Waals surface area contributed by atoms with Crippen molar-refractivity contribution in [2.45, 2.75) is 12.8 Å². The Morgan fingerprint density at radius 2 is 2.11 bits per heavy atom. The molecular formula is C14H17NO4. The van der Waals surface area contributed by atoms with Crippen molar-refractivity contribution >= 4 is 5.97 Å². The highest BCUT2D eigenvalue weighted by molar-refractivity contribution is 5.76. The lowest BCUT2D eigenvalue weighted by atomic mass is 9.81. The Labute approximate surface area is 111 Å². The fraction of sp³-hybridized carbons (Fsp3) is 0.500. The molecule has 2 aliphatic rings. The first-order valence-corrected chi connectivity index (χ1v) is 6.52. The number of carboxylic acid groups (broad SMARTS) is 1. The van der Waals surface area contributed by atoms with Gasteiger partial charge in [-0.1, -0.05) is 6.07 Å². The highest BCUT2D eigenvalue weighted by Gasteiger charge is 2.41. The van der Waals surface area contributed by atoms with Gasteiger partial charge in [-0.05, 0) is 37.1 Å². The molecule has 19 heavy (non-hydrogen) atoms. The predicted octanol–water partition coefficient (Wildman–Crippen LogP) is 1.06. The van der Waals surface area contributed by atoms with E-state index in [1.54, 1.807) is 0 Å². The number of fused-ring (bicyclic) bond motifs is 1. The quantitative estimate of drug-likeness (QED) is 0.853. The van der Waals surface area contributed by atoms with Crippen LogP contribution in [-0.4, -0.2) is 37.4 Å². The van der Waals surface area contributed by atoms with Crippen molar-refractivity contribution in [3.05, 3.63) is 23.8 Å². The van der Waals surface area contributed by atoms with Gasteiger partial charge in [-0.2, -0.15) is 0 Å². The van der Waals surface area contributed by atoms with Gasteiger partial charge in [0.1, 0.15) is 13.2 Å². The van der Waals surface area contributed by atoms with Crippen molar-refractivity contribution in [3.63, 3.8) is 0 Å². The lowest BCUT2D eigenvalue weighted by Crippen LogP contribution is -2.35. The molecule has 0 bridgehead atoms. The highest BCUT2D eigenvalue weighted by atomic mass is 16.6. The molecule has 2 aliphatic heterocycles. The summed E-state index contributed by atoms with van der Waals surface area (Å²) in [6.45, 7) is 2.39. The van der Waals surface area contributed by atoms with Gasteiger partial charge in [0.15, 0.2) is 11.5 Å². The third-order valence-electron chi connectivity index (χ3n) is 3.85. The number of ether oxygens (including phenoxy) is 2. The molecule has 0 spiro atoms. The Bertz CT molecular complexity index is 494. The summed E-state index contributed by atoms with van der Waals surface area (Å²) in [6, 6.07) is 5.69. The maximum Gasteiger partial charge on any atom is 0.311 e. The first kappa shape index (κ1) is 12.3. The molecule has 3 rings (SSSR count). The third-order valence-corrected chi connectivity index (χ3v) is 3.85. The van der Waals surface area contributed by atoms with Crippen LogP contribution < -0.4 is 14.8 Å². The van der Waals surface area contributed by atoms with Crippen molar-refractivity contribution < 1.29 is 19.4 Å². The third kappa shape index (κ3) is 2.26. The van der Waals surface area contributed by atoms with Gasteiger partial charge in [0.05, 0.1) is 5.41 Å². The zero-order chi connectivity index (χ0) is 13.3. The van der Waals surface area contributed by atoms with E-state index in [1.165, 1.54) is 0 Å². The molecule has 2 N–H and O–H groups in total. The summed E-state index contributed by atoms with van der Waals surface area (Å²) in [5, 5.41) is 12.6. The summed E-state index contributed by atoms with van der Waals surface area (Å²) in [5.74, 6) is 0.728. The van der Waals surface area contributed by atoms with E-state index >= 15 is 0 Å². The Kier molecular flexibility index (Phi) is 3.06. The van der Waals surface area contributed by atoms with Crippen molar-refractivity contribution in [3.8, 4) is 11.5 Å². The molecule has 0 radical (unpaired) electrons. The molecule has 1 saturated heterocycles. The zero-order valence-electron chi connectivity index (χ0n) is 10.6. The van der Waals surface area contributed by atoms with Crippen molar-refractivity contribution in [1.29, 1.82) is 0 Å². The van der Waals surface area contributed by atoms with Gasteiger partial charge in [0.25, 0.3) is 0 Å². The van der Waals surface area contributed by atoms with Crippen molar-refractivity contribution in [2.75, 3.05) is 26.3 Å². The first-order valence-electron chi connectivity index (χ1n) is 6.52. The summed E-state index contributed by atoms with van der Waals surface area (Å²) in [7, 11) is 0. The van der Waals surface area contributed by atoms with E-state index in [0.717, 1.165) is 23.6 Å². The Morgan fingerprint density at radius 1 is 1.32 bits per heavy atom. The summed E-state index contributed by atoms with van der Waals surface area (Å²) in [4.78, 5) is 11.5. The Balaban J connectivity index is 1.84. The second kappa shape index (κ2) is 4.74. The van der Waals surface area contributed by atoms with E-state index in [-0.39, 0.29) is 0 Å². The maximum atomic E-state index is 11.5. The molecule has 5 nitrogen and oxygen atoms in total. The second-order valence-electron chi connectivity index (χ2n) is 5.17. The lowest BCUT2D eigenvalue weighted by Gasteiger charge is -2.24. The molecule has 102 valence electrons. The van der Waals surface area contributed by atoms with Crippen LogP contribution in [0.5, 0.6) is 11.5 Å². The van der Waals surface area contributed by atoms with Gasteiger partial charge in [0.2, 0.25) is 0 Å². The minimum absolute atomic E-state index is 0.520. The first-order chi connectivity index (χ1) is 9.20. The van der Waals surface area contributed by atoms with E-state index in [2.05, 4.69) is 5.32 Å². The summed E-state index contributed by atoms with van der Waals surface area (Å²) < 4.78 is 11.0. The lowest BCUT2D eigenvalue weighted by molar-refractivity contribution is -0.147. The molecule has 0 aliphatic carbocycles. The molecule has 1 fully saturated rings. The molecule has 1 aromatic rings. The van der Waals surface area contributed by atoms with E-state index in [9.17, 15) is 9.90 Å². The summed E-state index contributed by atoms with van der Waals surface area (Å²) in [6.07, 6.45) is 1.18. The van der Waals surface area contributed by atoms with Gasteiger partial charge in [-0.15, -0.1) is 0 Å². The van der Waals surface area contributed by atoms with Crippen LogP contribution >= 0.6 is 0 Å². The number of rotatable bonds is 3. The number of benzene rings is 1. The van der Waals surface area contributed by atoms with Crippen LogP contribution in [0.1, 0.15) is 12.0 Å². The molecule has 1 atom stereocenters. The van der Waals surface area contributed by atoms with Gasteiger partial charge in [-0.25, -0.2) is 0 Å². The minimum Gasteiger partial charge on any atom is -0.486 e. The van der Waals surface area contributed by atoms with Crippen LogP contribution in [0, 0.1) is 5.41 Å².